The van der Waals surface area contributed by atoms with Gasteiger partial charge in [0.1, 0.15) is 11.6 Å². The number of nitrogens with one attached hydrogen (secondary N) is 2. The molecule has 9 heteroatoms. The molecule has 3 heterocycles. The molecule has 0 radical (unpaired) electrons. The second kappa shape index (κ2) is 8.41. The number of ether oxygens (including phenoxy) is 2. The van der Waals surface area contributed by atoms with Gasteiger partial charge in [0.05, 0.1) is 43.1 Å². The second-order valence-electron chi connectivity index (χ2n) is 9.25. The van der Waals surface area contributed by atoms with Crippen LogP contribution in [0.15, 0.2) is 48.5 Å². The van der Waals surface area contributed by atoms with Crippen LogP contribution in [-0.4, -0.2) is 50.1 Å². The molecular formula is C25H28N4O4S. The molecule has 3 aromatic rings. The summed E-state index contributed by atoms with van der Waals surface area (Å²) in [5, 5.41) is 4.46. The third-order valence-corrected chi connectivity index (χ3v) is 8.64. The molecular weight excluding hydrogens is 452 g/mol. The van der Waals surface area contributed by atoms with Crippen LogP contribution in [0.5, 0.6) is 5.75 Å². The van der Waals surface area contributed by atoms with Crippen molar-refractivity contribution in [1.82, 2.24) is 9.29 Å². The van der Waals surface area contributed by atoms with Gasteiger partial charge in [-0.1, -0.05) is 12.1 Å². The lowest BCUT2D eigenvalue weighted by Gasteiger charge is -2.28. The van der Waals surface area contributed by atoms with Gasteiger partial charge in [-0.3, -0.25) is 4.72 Å². The molecule has 1 unspecified atom stereocenters. The van der Waals surface area contributed by atoms with E-state index in [2.05, 4.69) is 16.1 Å². The number of anilines is 2. The molecule has 2 saturated heterocycles. The van der Waals surface area contributed by atoms with E-state index in [4.69, 9.17) is 14.5 Å². The summed E-state index contributed by atoms with van der Waals surface area (Å²) in [6.07, 6.45) is 3.97. The fourth-order valence-corrected chi connectivity index (χ4v) is 6.92. The number of methoxy groups -OCH3 is 1. The first-order valence-corrected chi connectivity index (χ1v) is 13.2. The zero-order valence-electron chi connectivity index (χ0n) is 19.0. The topological polar surface area (TPSA) is 92.8 Å². The van der Waals surface area contributed by atoms with Gasteiger partial charge in [0, 0.05) is 17.5 Å². The minimum absolute atomic E-state index is 0.0180. The molecule has 34 heavy (non-hydrogen) atoms. The normalized spacial score (nSPS) is 24.2. The van der Waals surface area contributed by atoms with Gasteiger partial charge in [-0.2, -0.15) is 12.7 Å². The number of rotatable bonds is 6. The van der Waals surface area contributed by atoms with Crippen molar-refractivity contribution in [2.24, 2.45) is 0 Å². The summed E-state index contributed by atoms with van der Waals surface area (Å²) in [6, 6.07) is 15.7. The smallest absolute Gasteiger partial charge is 0.302 e. The molecule has 2 fully saturated rings. The maximum absolute atomic E-state index is 12.9. The highest BCUT2D eigenvalue weighted by Crippen LogP contribution is 2.38. The van der Waals surface area contributed by atoms with E-state index in [1.165, 1.54) is 15.4 Å². The average molecular weight is 481 g/mol. The number of hydrogen-bond donors (Lipinski definition) is 2. The molecule has 0 spiro atoms. The van der Waals surface area contributed by atoms with E-state index in [1.807, 2.05) is 36.4 Å². The Balaban J connectivity index is 1.22. The molecule has 8 nitrogen and oxygen atoms in total. The summed E-state index contributed by atoms with van der Waals surface area (Å²) in [5.74, 6) is 1.70. The van der Waals surface area contributed by atoms with Crippen LogP contribution in [0.25, 0.3) is 10.9 Å². The lowest BCUT2D eigenvalue weighted by Crippen LogP contribution is -2.44. The lowest BCUT2D eigenvalue weighted by molar-refractivity contribution is 0.0611. The Morgan fingerprint density at radius 2 is 2.09 bits per heavy atom. The maximum atomic E-state index is 12.9. The SMILES string of the molecule is COc1cccc2c1C(Nc1ccc3cc(NS(=O)(=O)N4C[C@@H]5C[C@H]4CO5)ccc3n1)CCC2. The van der Waals surface area contributed by atoms with E-state index >= 15 is 0 Å². The van der Waals surface area contributed by atoms with E-state index in [0.717, 1.165) is 48.2 Å². The van der Waals surface area contributed by atoms with Gasteiger partial charge in [0.2, 0.25) is 0 Å². The summed E-state index contributed by atoms with van der Waals surface area (Å²) in [7, 11) is -1.90. The molecule has 0 amide bonds. The third-order valence-electron chi connectivity index (χ3n) is 7.08. The first-order valence-electron chi connectivity index (χ1n) is 11.7. The van der Waals surface area contributed by atoms with Crippen LogP contribution < -0.4 is 14.8 Å². The van der Waals surface area contributed by atoms with Gasteiger partial charge in [-0.05, 0) is 67.6 Å². The van der Waals surface area contributed by atoms with Crippen LogP contribution in [0, 0.1) is 0 Å². The number of aryl methyl sites for hydroxylation is 1. The fourth-order valence-electron chi connectivity index (χ4n) is 5.48. The summed E-state index contributed by atoms with van der Waals surface area (Å²) >= 11 is 0. The minimum atomic E-state index is -3.62. The minimum Gasteiger partial charge on any atom is -0.496 e. The quantitative estimate of drug-likeness (QED) is 0.557. The number of morpholine rings is 1. The van der Waals surface area contributed by atoms with Crippen LogP contribution in [0.2, 0.25) is 0 Å². The van der Waals surface area contributed by atoms with E-state index in [9.17, 15) is 8.42 Å². The van der Waals surface area contributed by atoms with Crippen molar-refractivity contribution < 1.29 is 17.9 Å². The molecule has 178 valence electrons. The van der Waals surface area contributed by atoms with Gasteiger partial charge in [-0.15, -0.1) is 0 Å². The molecule has 1 aliphatic carbocycles. The zero-order valence-corrected chi connectivity index (χ0v) is 19.8. The number of hydrogen-bond acceptors (Lipinski definition) is 6. The molecule has 3 atom stereocenters. The molecule has 2 bridgehead atoms. The monoisotopic (exact) mass is 480 g/mol. The second-order valence-corrected chi connectivity index (χ2v) is 10.9. The Morgan fingerprint density at radius 1 is 1.18 bits per heavy atom. The van der Waals surface area contributed by atoms with E-state index in [-0.39, 0.29) is 18.2 Å². The summed E-state index contributed by atoms with van der Waals surface area (Å²) in [6.45, 7) is 0.888. The van der Waals surface area contributed by atoms with E-state index in [1.54, 1.807) is 13.2 Å². The molecule has 1 aromatic heterocycles. The number of pyridine rings is 1. The third kappa shape index (κ3) is 3.87. The van der Waals surface area contributed by atoms with Gasteiger partial charge < -0.3 is 14.8 Å². The van der Waals surface area contributed by atoms with Crippen molar-refractivity contribution in [2.45, 2.75) is 43.9 Å². The zero-order chi connectivity index (χ0) is 23.3. The van der Waals surface area contributed by atoms with Crippen LogP contribution in [0.3, 0.4) is 0 Å². The number of fused-ring (bicyclic) bond motifs is 4. The van der Waals surface area contributed by atoms with Crippen LogP contribution in [-0.2, 0) is 21.4 Å². The van der Waals surface area contributed by atoms with Crippen LogP contribution in [0.4, 0.5) is 11.5 Å². The highest BCUT2D eigenvalue weighted by atomic mass is 32.2. The standard InChI is InChI=1S/C25H28N4O4S/c1-32-23-7-3-5-16-4-2-6-22(25(16)23)27-24-11-8-17-12-18(9-10-21(17)26-24)28-34(30,31)29-14-20-13-19(29)15-33-20/h3,5,7-12,19-20,22,28H,2,4,6,13-15H2,1H3,(H,26,27)/t19-,20-,22?/m0/s1. The van der Waals surface area contributed by atoms with Crippen LogP contribution in [0.1, 0.15) is 36.4 Å². The number of benzene rings is 2. The highest BCUT2D eigenvalue weighted by molar-refractivity contribution is 7.90. The highest BCUT2D eigenvalue weighted by Gasteiger charge is 2.45. The lowest BCUT2D eigenvalue weighted by atomic mass is 9.87. The average Bonchev–Trinajstić information content (AvgIpc) is 3.48. The summed E-state index contributed by atoms with van der Waals surface area (Å²) < 4.78 is 41.2. The van der Waals surface area contributed by atoms with Gasteiger partial charge in [-0.25, -0.2) is 4.98 Å². The molecule has 6 rings (SSSR count). The number of aromatic nitrogens is 1. The first kappa shape index (κ1) is 21.6. The molecule has 2 aliphatic heterocycles. The Hall–Kier alpha value is -2.88. The van der Waals surface area contributed by atoms with E-state index < -0.39 is 10.2 Å². The molecule has 3 aliphatic rings. The Labute approximate surface area is 199 Å². The van der Waals surface area contributed by atoms with Gasteiger partial charge in [0.15, 0.2) is 0 Å². The van der Waals surface area contributed by atoms with Gasteiger partial charge >= 0.3 is 10.2 Å². The molecule has 0 saturated carbocycles. The van der Waals surface area contributed by atoms with Crippen LogP contribution >= 0.6 is 0 Å². The van der Waals surface area contributed by atoms with Crippen molar-refractivity contribution in [3.63, 3.8) is 0 Å². The predicted molar refractivity (Wildman–Crippen MR) is 131 cm³/mol. The maximum Gasteiger partial charge on any atom is 0.302 e. The number of nitrogens with zero attached hydrogens (tertiary/aromatic N) is 2. The predicted octanol–water partition coefficient (Wildman–Crippen LogP) is 3.86. The van der Waals surface area contributed by atoms with Crippen molar-refractivity contribution in [3.05, 3.63) is 59.7 Å². The first-order chi connectivity index (χ1) is 16.5. The fraction of sp³-hybridized carbons (Fsp3) is 0.400. The summed E-state index contributed by atoms with van der Waals surface area (Å²) in [4.78, 5) is 4.79. The van der Waals surface area contributed by atoms with Gasteiger partial charge in [0.25, 0.3) is 0 Å². The Kier molecular flexibility index (Phi) is 5.35. The molecule has 2 N–H and O–H groups in total. The van der Waals surface area contributed by atoms with E-state index in [0.29, 0.717) is 18.8 Å². The largest absolute Gasteiger partial charge is 0.496 e. The Bertz CT molecular complexity index is 1330. The summed E-state index contributed by atoms with van der Waals surface area (Å²) in [5.41, 5.74) is 3.87. The van der Waals surface area contributed by atoms with Crippen molar-refractivity contribution in [1.29, 1.82) is 0 Å². The molecule has 2 aromatic carbocycles. The Morgan fingerprint density at radius 3 is 2.88 bits per heavy atom. The van der Waals surface area contributed by atoms with Crippen molar-refractivity contribution >= 4 is 32.6 Å². The van der Waals surface area contributed by atoms with Crippen molar-refractivity contribution in [3.8, 4) is 5.75 Å². The van der Waals surface area contributed by atoms with Crippen molar-refractivity contribution in [2.75, 3.05) is 30.3 Å².